The minimum absolute atomic E-state index is 0.165. The van der Waals surface area contributed by atoms with Gasteiger partial charge in [-0.15, -0.1) is 0 Å². The summed E-state index contributed by atoms with van der Waals surface area (Å²) in [5.74, 6) is 3.15. The highest BCUT2D eigenvalue weighted by Gasteiger charge is 2.02. The van der Waals surface area contributed by atoms with Crippen LogP contribution in [0, 0.1) is 0 Å². The van der Waals surface area contributed by atoms with Crippen molar-refractivity contribution < 1.29 is 20.4 Å². The second-order valence-electron chi connectivity index (χ2n) is 3.53. The lowest BCUT2D eigenvalue weighted by molar-refractivity contribution is 0.113. The summed E-state index contributed by atoms with van der Waals surface area (Å²) in [6.45, 7) is -0.330. The van der Waals surface area contributed by atoms with E-state index in [1.54, 1.807) is 23.5 Å². The van der Waals surface area contributed by atoms with Crippen molar-refractivity contribution in [2.45, 2.75) is 25.0 Å². The van der Waals surface area contributed by atoms with Crippen molar-refractivity contribution in [3.63, 3.8) is 0 Å². The molecule has 0 aliphatic carbocycles. The zero-order valence-electron chi connectivity index (χ0n) is 9.42. The predicted molar refractivity (Wildman–Crippen MR) is 70.1 cm³/mol. The zero-order valence-corrected chi connectivity index (χ0v) is 11.0. The van der Waals surface area contributed by atoms with Crippen molar-refractivity contribution in [2.24, 2.45) is 0 Å². The Hall–Kier alpha value is 0.540. The van der Waals surface area contributed by atoms with Crippen LogP contribution in [0.4, 0.5) is 0 Å². The van der Waals surface area contributed by atoms with Crippen LogP contribution < -0.4 is 0 Å². The van der Waals surface area contributed by atoms with Gasteiger partial charge in [0, 0.05) is 11.5 Å². The predicted octanol–water partition coefficient (Wildman–Crippen LogP) is -0.0606. The summed E-state index contributed by atoms with van der Waals surface area (Å²) < 4.78 is 0. The molecular formula is C10H22O4S2. The van der Waals surface area contributed by atoms with E-state index in [0.29, 0.717) is 11.5 Å². The minimum Gasteiger partial charge on any atom is -0.394 e. The standard InChI is InChI=1S/C10H22O4S2/c11-5-9(13)7-15-3-1-2-4-16-8-10(14)6-12/h9-14H,1-8H2. The topological polar surface area (TPSA) is 80.9 Å². The van der Waals surface area contributed by atoms with Gasteiger partial charge in [0.25, 0.3) is 0 Å². The molecule has 0 bridgehead atoms. The molecule has 0 aliphatic heterocycles. The molecule has 2 atom stereocenters. The number of hydrogen-bond acceptors (Lipinski definition) is 6. The average molecular weight is 270 g/mol. The van der Waals surface area contributed by atoms with E-state index < -0.39 is 12.2 Å². The summed E-state index contributed by atoms with van der Waals surface area (Å²) in [6, 6.07) is 0. The first-order chi connectivity index (χ1) is 7.70. The normalized spacial score (nSPS) is 15.0. The van der Waals surface area contributed by atoms with Crippen LogP contribution in [-0.4, -0.2) is 68.9 Å². The van der Waals surface area contributed by atoms with Gasteiger partial charge in [-0.1, -0.05) is 0 Å². The highest BCUT2D eigenvalue weighted by molar-refractivity contribution is 7.99. The minimum atomic E-state index is -0.598. The van der Waals surface area contributed by atoms with Gasteiger partial charge in [-0.25, -0.2) is 0 Å². The van der Waals surface area contributed by atoms with Crippen LogP contribution in [0.3, 0.4) is 0 Å². The van der Waals surface area contributed by atoms with Gasteiger partial charge in [0.15, 0.2) is 0 Å². The first kappa shape index (κ1) is 16.5. The van der Waals surface area contributed by atoms with E-state index in [-0.39, 0.29) is 13.2 Å². The van der Waals surface area contributed by atoms with Crippen molar-refractivity contribution >= 4 is 23.5 Å². The zero-order chi connectivity index (χ0) is 12.2. The highest BCUT2D eigenvalue weighted by atomic mass is 32.2. The summed E-state index contributed by atoms with van der Waals surface area (Å²) in [4.78, 5) is 0. The Balaban J connectivity index is 3.04. The molecule has 0 spiro atoms. The van der Waals surface area contributed by atoms with Gasteiger partial charge >= 0.3 is 0 Å². The lowest BCUT2D eigenvalue weighted by Gasteiger charge is -2.07. The second-order valence-corrected chi connectivity index (χ2v) is 5.83. The Morgan fingerprint density at radius 2 is 1.12 bits per heavy atom. The Morgan fingerprint density at radius 3 is 1.44 bits per heavy atom. The summed E-state index contributed by atoms with van der Waals surface area (Å²) in [7, 11) is 0. The van der Waals surface area contributed by atoms with Crippen LogP contribution >= 0.6 is 23.5 Å². The molecule has 0 saturated heterocycles. The van der Waals surface area contributed by atoms with E-state index in [4.69, 9.17) is 20.4 Å². The first-order valence-corrected chi connectivity index (χ1v) is 7.75. The molecule has 0 aromatic heterocycles. The average Bonchev–Trinajstić information content (AvgIpc) is 2.31. The molecule has 0 saturated carbocycles. The third kappa shape index (κ3) is 11.0. The Kier molecular flexibility index (Phi) is 12.4. The van der Waals surface area contributed by atoms with E-state index >= 15 is 0 Å². The number of aliphatic hydroxyl groups excluding tert-OH is 4. The van der Waals surface area contributed by atoms with Gasteiger partial charge in [0.05, 0.1) is 25.4 Å². The van der Waals surface area contributed by atoms with E-state index in [2.05, 4.69) is 0 Å². The molecule has 2 unspecified atom stereocenters. The first-order valence-electron chi connectivity index (χ1n) is 5.44. The second kappa shape index (κ2) is 12.0. The van der Waals surface area contributed by atoms with Crippen LogP contribution in [0.1, 0.15) is 12.8 Å². The van der Waals surface area contributed by atoms with Gasteiger partial charge in [0.2, 0.25) is 0 Å². The van der Waals surface area contributed by atoms with Gasteiger partial charge in [-0.2, -0.15) is 23.5 Å². The largest absolute Gasteiger partial charge is 0.394 e. The molecule has 4 nitrogen and oxygen atoms in total. The van der Waals surface area contributed by atoms with E-state index in [0.717, 1.165) is 24.3 Å². The van der Waals surface area contributed by atoms with Crippen LogP contribution in [0.25, 0.3) is 0 Å². The lowest BCUT2D eigenvalue weighted by atomic mass is 10.4. The van der Waals surface area contributed by atoms with Crippen LogP contribution in [-0.2, 0) is 0 Å². The van der Waals surface area contributed by atoms with Gasteiger partial charge in [-0.3, -0.25) is 0 Å². The molecule has 0 fully saturated rings. The number of hydrogen-bond donors (Lipinski definition) is 4. The molecule has 6 heteroatoms. The summed E-state index contributed by atoms with van der Waals surface area (Å²) in [5, 5.41) is 35.3. The fourth-order valence-electron chi connectivity index (χ4n) is 0.952. The third-order valence-corrected chi connectivity index (χ3v) is 4.26. The molecule has 0 aromatic carbocycles. The van der Waals surface area contributed by atoms with Crippen LogP contribution in [0.2, 0.25) is 0 Å². The monoisotopic (exact) mass is 270 g/mol. The number of aliphatic hydroxyl groups is 4. The smallest absolute Gasteiger partial charge is 0.0861 e. The van der Waals surface area contributed by atoms with Gasteiger partial charge < -0.3 is 20.4 Å². The Morgan fingerprint density at radius 1 is 0.750 bits per heavy atom. The molecule has 4 N–H and O–H groups in total. The number of unbranched alkanes of at least 4 members (excludes halogenated alkanes) is 1. The molecule has 98 valence electrons. The molecule has 0 amide bonds. The summed E-state index contributed by atoms with van der Waals surface area (Å²) in [6.07, 6.45) is 0.953. The molecule has 0 rings (SSSR count). The SMILES string of the molecule is OCC(O)CSCCCCSCC(O)CO. The number of thioether (sulfide) groups is 2. The molecule has 0 radical (unpaired) electrons. The molecule has 0 heterocycles. The van der Waals surface area contributed by atoms with Crippen LogP contribution in [0.5, 0.6) is 0 Å². The summed E-state index contributed by atoms with van der Waals surface area (Å²) in [5.41, 5.74) is 0. The number of rotatable bonds is 11. The van der Waals surface area contributed by atoms with Crippen LogP contribution in [0.15, 0.2) is 0 Å². The molecular weight excluding hydrogens is 248 g/mol. The quantitative estimate of drug-likeness (QED) is 0.394. The van der Waals surface area contributed by atoms with Crippen molar-refractivity contribution in [3.05, 3.63) is 0 Å². The van der Waals surface area contributed by atoms with E-state index in [1.807, 2.05) is 0 Å². The van der Waals surface area contributed by atoms with E-state index in [1.165, 1.54) is 0 Å². The van der Waals surface area contributed by atoms with Gasteiger partial charge in [-0.05, 0) is 24.3 Å². The fourth-order valence-corrected chi connectivity index (χ4v) is 2.86. The molecule has 16 heavy (non-hydrogen) atoms. The maximum absolute atomic E-state index is 9.06. The third-order valence-electron chi connectivity index (χ3n) is 1.87. The molecule has 0 aromatic rings. The Labute approximate surface area is 105 Å². The van der Waals surface area contributed by atoms with Crippen molar-refractivity contribution in [2.75, 3.05) is 36.2 Å². The maximum atomic E-state index is 9.06. The van der Waals surface area contributed by atoms with Crippen molar-refractivity contribution in [1.82, 2.24) is 0 Å². The molecule has 0 aliphatic rings. The highest BCUT2D eigenvalue weighted by Crippen LogP contribution is 2.10. The Bertz CT molecular complexity index is 133. The fraction of sp³-hybridized carbons (Fsp3) is 1.00. The van der Waals surface area contributed by atoms with Crippen molar-refractivity contribution in [1.29, 1.82) is 0 Å². The maximum Gasteiger partial charge on any atom is 0.0861 e. The van der Waals surface area contributed by atoms with Gasteiger partial charge in [0.1, 0.15) is 0 Å². The van der Waals surface area contributed by atoms with Crippen molar-refractivity contribution in [3.8, 4) is 0 Å². The summed E-state index contributed by atoms with van der Waals surface area (Å²) >= 11 is 3.29. The van der Waals surface area contributed by atoms with E-state index in [9.17, 15) is 0 Å². The lowest BCUT2D eigenvalue weighted by Crippen LogP contribution is -2.15.